The Morgan fingerprint density at radius 1 is 1.23 bits per heavy atom. The Morgan fingerprint density at radius 2 is 2.08 bits per heavy atom. The fourth-order valence-electron chi connectivity index (χ4n) is 2.65. The molecule has 4 aromatic rings. The minimum absolute atomic E-state index is 0.0983. The highest BCUT2D eigenvalue weighted by Gasteiger charge is 2.14. The molecule has 0 unspecified atom stereocenters. The van der Waals surface area contributed by atoms with Gasteiger partial charge in [-0.15, -0.1) is 21.5 Å². The summed E-state index contributed by atoms with van der Waals surface area (Å²) >= 11 is 2.97. The summed E-state index contributed by atoms with van der Waals surface area (Å²) in [6.45, 7) is 2.09. The summed E-state index contributed by atoms with van der Waals surface area (Å²) in [5.41, 5.74) is 2.89. The van der Waals surface area contributed by atoms with Crippen LogP contribution in [0.1, 0.15) is 24.0 Å². The van der Waals surface area contributed by atoms with Crippen molar-refractivity contribution in [2.45, 2.75) is 26.2 Å². The maximum Gasteiger partial charge on any atom is 0.232 e. The quantitative estimate of drug-likeness (QED) is 0.545. The summed E-state index contributed by atoms with van der Waals surface area (Å²) in [6.07, 6.45) is 4.15. The van der Waals surface area contributed by atoms with E-state index in [1.807, 2.05) is 46.3 Å². The van der Waals surface area contributed by atoms with Crippen LogP contribution in [-0.4, -0.2) is 25.5 Å². The van der Waals surface area contributed by atoms with Crippen molar-refractivity contribution < 1.29 is 4.79 Å². The molecule has 4 rings (SSSR count). The van der Waals surface area contributed by atoms with E-state index in [1.54, 1.807) is 0 Å². The highest BCUT2D eigenvalue weighted by Crippen LogP contribution is 2.24. The molecule has 0 radical (unpaired) electrons. The first-order valence-corrected chi connectivity index (χ1v) is 10.1. The highest BCUT2D eigenvalue weighted by atomic mass is 32.1. The average Bonchev–Trinajstić information content (AvgIpc) is 3.34. The van der Waals surface area contributed by atoms with Crippen LogP contribution in [0.5, 0.6) is 0 Å². The van der Waals surface area contributed by atoms with Crippen LogP contribution in [0.3, 0.4) is 0 Å². The fourth-order valence-corrected chi connectivity index (χ4v) is 4.38. The Bertz CT molecular complexity index is 1030. The summed E-state index contributed by atoms with van der Waals surface area (Å²) in [4.78, 5) is 17.9. The molecule has 1 N–H and O–H groups in total. The smallest absolute Gasteiger partial charge is 0.232 e. The van der Waals surface area contributed by atoms with Gasteiger partial charge in [-0.25, -0.2) is 4.98 Å². The summed E-state index contributed by atoms with van der Waals surface area (Å²) in [5, 5.41) is 14.4. The van der Waals surface area contributed by atoms with Crippen molar-refractivity contribution in [3.63, 3.8) is 0 Å². The third kappa shape index (κ3) is 3.51. The molecule has 6 nitrogen and oxygen atoms in total. The maximum atomic E-state index is 12.4. The van der Waals surface area contributed by atoms with Gasteiger partial charge in [-0.05, 0) is 6.42 Å². The molecule has 1 amide bonds. The Hall–Kier alpha value is -2.58. The van der Waals surface area contributed by atoms with Crippen LogP contribution in [-0.2, 0) is 17.6 Å². The van der Waals surface area contributed by atoms with Crippen LogP contribution < -0.4 is 5.32 Å². The number of thiazole rings is 1. The molecule has 132 valence electrons. The summed E-state index contributed by atoms with van der Waals surface area (Å²) in [5.74, 6) is -0.0983. The van der Waals surface area contributed by atoms with Crippen molar-refractivity contribution in [1.82, 2.24) is 19.6 Å². The molecule has 0 saturated carbocycles. The first-order valence-electron chi connectivity index (χ1n) is 8.36. The van der Waals surface area contributed by atoms with E-state index in [0.29, 0.717) is 5.13 Å². The van der Waals surface area contributed by atoms with Gasteiger partial charge in [0, 0.05) is 29.3 Å². The largest absolute Gasteiger partial charge is 0.300 e. The van der Waals surface area contributed by atoms with Crippen molar-refractivity contribution in [1.29, 1.82) is 0 Å². The number of amides is 1. The molecule has 0 fully saturated rings. The standard InChI is InChI=1S/C18H17N5OS2/c1-2-6-16-21-22-17(26-16)20-15(24)9-13-11-25-18-19-14(10-23(13)18)12-7-4-3-5-8-12/h3-5,7-8,10-11H,2,6,9H2,1H3,(H,20,22,24). The summed E-state index contributed by atoms with van der Waals surface area (Å²) < 4.78 is 1.98. The zero-order chi connectivity index (χ0) is 17.9. The van der Waals surface area contributed by atoms with Gasteiger partial charge in [0.25, 0.3) is 0 Å². The van der Waals surface area contributed by atoms with E-state index in [1.165, 1.54) is 22.7 Å². The minimum Gasteiger partial charge on any atom is -0.300 e. The predicted octanol–water partition coefficient (Wildman–Crippen LogP) is 4.05. The van der Waals surface area contributed by atoms with Gasteiger partial charge in [-0.3, -0.25) is 9.20 Å². The van der Waals surface area contributed by atoms with E-state index < -0.39 is 0 Å². The third-order valence-corrected chi connectivity index (χ3v) is 5.66. The van der Waals surface area contributed by atoms with Crippen LogP contribution in [0, 0.1) is 0 Å². The van der Waals surface area contributed by atoms with Gasteiger partial charge in [0.2, 0.25) is 11.0 Å². The van der Waals surface area contributed by atoms with Crippen molar-refractivity contribution in [2.24, 2.45) is 0 Å². The van der Waals surface area contributed by atoms with E-state index in [9.17, 15) is 4.79 Å². The number of imidazole rings is 1. The van der Waals surface area contributed by atoms with Crippen LogP contribution in [0.15, 0.2) is 41.9 Å². The second kappa shape index (κ2) is 7.35. The van der Waals surface area contributed by atoms with Crippen molar-refractivity contribution in [3.05, 3.63) is 52.6 Å². The molecule has 26 heavy (non-hydrogen) atoms. The number of nitrogens with one attached hydrogen (secondary N) is 1. The van der Waals surface area contributed by atoms with Crippen molar-refractivity contribution >= 4 is 38.7 Å². The topological polar surface area (TPSA) is 72.2 Å². The molecule has 0 aliphatic carbocycles. The second-order valence-electron chi connectivity index (χ2n) is 5.85. The van der Waals surface area contributed by atoms with Gasteiger partial charge >= 0.3 is 0 Å². The van der Waals surface area contributed by atoms with Gasteiger partial charge in [-0.1, -0.05) is 48.6 Å². The number of carbonyl (C=O) groups is 1. The molecular weight excluding hydrogens is 366 g/mol. The number of anilines is 1. The maximum absolute atomic E-state index is 12.4. The van der Waals surface area contributed by atoms with Crippen LogP contribution in [0.4, 0.5) is 5.13 Å². The molecule has 0 spiro atoms. The van der Waals surface area contributed by atoms with E-state index >= 15 is 0 Å². The number of carbonyl (C=O) groups excluding carboxylic acids is 1. The third-order valence-electron chi connectivity index (χ3n) is 3.87. The van der Waals surface area contributed by atoms with Gasteiger partial charge in [0.1, 0.15) is 5.01 Å². The summed E-state index contributed by atoms with van der Waals surface area (Å²) in [7, 11) is 0. The molecule has 0 bridgehead atoms. The number of aryl methyl sites for hydroxylation is 1. The van der Waals surface area contributed by atoms with E-state index in [2.05, 4.69) is 27.4 Å². The van der Waals surface area contributed by atoms with Crippen molar-refractivity contribution in [3.8, 4) is 11.3 Å². The molecule has 0 saturated heterocycles. The molecule has 0 aliphatic rings. The van der Waals surface area contributed by atoms with Crippen LogP contribution >= 0.6 is 22.7 Å². The van der Waals surface area contributed by atoms with Crippen molar-refractivity contribution in [2.75, 3.05) is 5.32 Å². The molecular formula is C18H17N5OS2. The van der Waals surface area contributed by atoms with E-state index in [-0.39, 0.29) is 12.3 Å². The SMILES string of the molecule is CCCc1nnc(NC(=O)Cc2csc3nc(-c4ccccc4)cn23)s1. The normalized spacial score (nSPS) is 11.1. The monoisotopic (exact) mass is 383 g/mol. The first kappa shape index (κ1) is 16.9. The van der Waals surface area contributed by atoms with Gasteiger partial charge < -0.3 is 5.32 Å². The van der Waals surface area contributed by atoms with E-state index in [0.717, 1.165) is 39.8 Å². The number of aromatic nitrogens is 4. The number of hydrogen-bond donors (Lipinski definition) is 1. The van der Waals surface area contributed by atoms with E-state index in [4.69, 9.17) is 0 Å². The minimum atomic E-state index is -0.0983. The zero-order valence-corrected chi connectivity index (χ0v) is 15.8. The number of rotatable bonds is 6. The first-order chi connectivity index (χ1) is 12.7. The van der Waals surface area contributed by atoms with Gasteiger partial charge in [0.15, 0.2) is 4.96 Å². The molecule has 1 aromatic carbocycles. The Labute approximate surface area is 158 Å². The fraction of sp³-hybridized carbons (Fsp3) is 0.222. The summed E-state index contributed by atoms with van der Waals surface area (Å²) in [6, 6.07) is 10.0. The lowest BCUT2D eigenvalue weighted by atomic mass is 10.2. The Morgan fingerprint density at radius 3 is 2.88 bits per heavy atom. The number of fused-ring (bicyclic) bond motifs is 1. The molecule has 0 atom stereocenters. The molecule has 0 aliphatic heterocycles. The van der Waals surface area contributed by atoms with Gasteiger partial charge in [-0.2, -0.15) is 0 Å². The average molecular weight is 384 g/mol. The lowest BCUT2D eigenvalue weighted by Crippen LogP contribution is -2.15. The lowest BCUT2D eigenvalue weighted by Gasteiger charge is -2.00. The Balaban J connectivity index is 1.49. The zero-order valence-electron chi connectivity index (χ0n) is 14.2. The number of nitrogens with zero attached hydrogens (tertiary/aromatic N) is 4. The number of benzene rings is 1. The predicted molar refractivity (Wildman–Crippen MR) is 105 cm³/mol. The Kier molecular flexibility index (Phi) is 4.77. The molecule has 3 heterocycles. The second-order valence-corrected chi connectivity index (χ2v) is 7.75. The number of hydrogen-bond acceptors (Lipinski definition) is 6. The van der Waals surface area contributed by atoms with Crippen LogP contribution in [0.25, 0.3) is 16.2 Å². The highest BCUT2D eigenvalue weighted by molar-refractivity contribution is 7.15. The lowest BCUT2D eigenvalue weighted by molar-refractivity contribution is -0.115. The molecule has 3 aromatic heterocycles. The van der Waals surface area contributed by atoms with Crippen LogP contribution in [0.2, 0.25) is 0 Å². The molecule has 8 heteroatoms. The van der Waals surface area contributed by atoms with Gasteiger partial charge in [0.05, 0.1) is 12.1 Å².